The smallest absolute Gasteiger partial charge is 0.413 e. The van der Waals surface area contributed by atoms with E-state index in [9.17, 15) is 14.4 Å². The number of amides is 3. The standard InChI is InChI=1S/C25H25Cl2N3O6/c1-34-19-13-24(30(14-19)22(31)9-3-16-2-8-20(26)21(27)12-16)36-25(33)28-17-4-6-18(7-5-17)29-10-11-35-15-23(29)32/h2-9,12,19,24H,10-11,13-15H2,1H3,(H,28,33)/b9-3+/t19-,24-/m1/s1. The number of hydrogen-bond acceptors (Lipinski definition) is 6. The van der Waals surface area contributed by atoms with Crippen molar-refractivity contribution >= 4 is 58.6 Å². The second kappa shape index (κ2) is 11.7. The van der Waals surface area contributed by atoms with Crippen LogP contribution < -0.4 is 10.2 Å². The Morgan fingerprint density at radius 2 is 1.92 bits per heavy atom. The van der Waals surface area contributed by atoms with Crippen molar-refractivity contribution in [2.45, 2.75) is 18.8 Å². The third-order valence-corrected chi connectivity index (χ3v) is 6.58. The Hall–Kier alpha value is -3.11. The number of benzene rings is 2. The van der Waals surface area contributed by atoms with Crippen molar-refractivity contribution in [3.05, 3.63) is 64.1 Å². The number of likely N-dealkylation sites (tertiary alicyclic amines) is 1. The zero-order chi connectivity index (χ0) is 25.7. The number of carbonyl (C=O) groups is 3. The molecule has 2 heterocycles. The van der Waals surface area contributed by atoms with Crippen LogP contribution in [0.15, 0.2) is 48.5 Å². The summed E-state index contributed by atoms with van der Waals surface area (Å²) >= 11 is 12.0. The van der Waals surface area contributed by atoms with Crippen molar-refractivity contribution < 1.29 is 28.6 Å². The number of nitrogens with zero attached hydrogens (tertiary/aromatic N) is 2. The van der Waals surface area contributed by atoms with Crippen LogP contribution in [-0.2, 0) is 23.8 Å². The predicted octanol–water partition coefficient (Wildman–Crippen LogP) is 4.19. The Morgan fingerprint density at radius 1 is 1.14 bits per heavy atom. The van der Waals surface area contributed by atoms with E-state index in [4.69, 9.17) is 37.4 Å². The summed E-state index contributed by atoms with van der Waals surface area (Å²) in [6.45, 7) is 1.27. The number of nitrogens with one attached hydrogen (secondary N) is 1. The van der Waals surface area contributed by atoms with Crippen LogP contribution in [0, 0.1) is 0 Å². The van der Waals surface area contributed by atoms with E-state index in [2.05, 4.69) is 5.32 Å². The number of anilines is 2. The number of halogens is 2. The molecular formula is C25H25Cl2N3O6. The lowest BCUT2D eigenvalue weighted by atomic mass is 10.2. The molecule has 9 nitrogen and oxygen atoms in total. The number of carbonyl (C=O) groups excluding carboxylic acids is 3. The molecular weight excluding hydrogens is 509 g/mol. The van der Waals surface area contributed by atoms with Crippen molar-refractivity contribution in [1.29, 1.82) is 0 Å². The third kappa shape index (κ3) is 6.36. The van der Waals surface area contributed by atoms with E-state index in [1.807, 2.05) is 0 Å². The molecule has 2 fully saturated rings. The molecule has 1 N–H and O–H groups in total. The second-order valence-corrected chi connectivity index (χ2v) is 9.04. The van der Waals surface area contributed by atoms with Crippen molar-refractivity contribution in [1.82, 2.24) is 4.90 Å². The fourth-order valence-electron chi connectivity index (χ4n) is 3.94. The molecule has 0 spiro atoms. The number of hydrogen-bond donors (Lipinski definition) is 1. The van der Waals surface area contributed by atoms with Crippen LogP contribution in [0.1, 0.15) is 12.0 Å². The van der Waals surface area contributed by atoms with Gasteiger partial charge >= 0.3 is 6.09 Å². The number of methoxy groups -OCH3 is 1. The Balaban J connectivity index is 1.37. The zero-order valence-electron chi connectivity index (χ0n) is 19.5. The molecule has 0 aliphatic carbocycles. The maximum Gasteiger partial charge on any atom is 0.413 e. The average Bonchev–Trinajstić information content (AvgIpc) is 3.28. The van der Waals surface area contributed by atoms with Crippen LogP contribution in [0.2, 0.25) is 10.0 Å². The van der Waals surface area contributed by atoms with Gasteiger partial charge in [0.05, 0.1) is 29.3 Å². The molecule has 2 aliphatic rings. The van der Waals surface area contributed by atoms with Crippen LogP contribution >= 0.6 is 23.2 Å². The Bertz CT molecular complexity index is 1160. The summed E-state index contributed by atoms with van der Waals surface area (Å²) in [6, 6.07) is 11.9. The molecule has 2 aliphatic heterocycles. The summed E-state index contributed by atoms with van der Waals surface area (Å²) in [7, 11) is 1.54. The molecule has 36 heavy (non-hydrogen) atoms. The Morgan fingerprint density at radius 3 is 2.61 bits per heavy atom. The minimum Gasteiger partial charge on any atom is -0.425 e. The van der Waals surface area contributed by atoms with Gasteiger partial charge < -0.3 is 24.0 Å². The highest BCUT2D eigenvalue weighted by Gasteiger charge is 2.37. The summed E-state index contributed by atoms with van der Waals surface area (Å²) in [4.78, 5) is 40.5. The van der Waals surface area contributed by atoms with Gasteiger partial charge in [-0.15, -0.1) is 0 Å². The van der Waals surface area contributed by atoms with Gasteiger partial charge in [-0.25, -0.2) is 4.79 Å². The summed E-state index contributed by atoms with van der Waals surface area (Å²) in [5.74, 6) is -0.453. The van der Waals surface area contributed by atoms with Gasteiger partial charge in [0.25, 0.3) is 5.91 Å². The minimum atomic E-state index is -0.800. The Kier molecular flexibility index (Phi) is 8.48. The highest BCUT2D eigenvalue weighted by Crippen LogP contribution is 2.25. The first-order valence-corrected chi connectivity index (χ1v) is 12.0. The fraction of sp³-hybridized carbons (Fsp3) is 0.320. The SMILES string of the molecule is CO[C@@H]1C[C@@H](OC(=O)Nc2ccc(N3CCOCC3=O)cc2)N(C(=O)/C=C/c2ccc(Cl)c(Cl)c2)C1. The van der Waals surface area contributed by atoms with Gasteiger partial charge in [0.2, 0.25) is 5.91 Å². The first-order valence-electron chi connectivity index (χ1n) is 11.3. The number of ether oxygens (including phenoxy) is 3. The lowest BCUT2D eigenvalue weighted by molar-refractivity contribution is -0.132. The minimum absolute atomic E-state index is 0.0496. The summed E-state index contributed by atoms with van der Waals surface area (Å²) in [6.07, 6.45) is 1.56. The maximum atomic E-state index is 12.9. The van der Waals surface area contributed by atoms with E-state index < -0.39 is 12.3 Å². The molecule has 0 radical (unpaired) electrons. The Labute approximate surface area is 218 Å². The van der Waals surface area contributed by atoms with E-state index in [1.54, 1.807) is 60.6 Å². The van der Waals surface area contributed by atoms with Gasteiger partial charge in [-0.1, -0.05) is 29.3 Å². The first kappa shape index (κ1) is 26.0. The van der Waals surface area contributed by atoms with Crippen LogP contribution in [0.5, 0.6) is 0 Å². The molecule has 0 aromatic heterocycles. The third-order valence-electron chi connectivity index (χ3n) is 5.85. The van der Waals surface area contributed by atoms with Gasteiger partial charge in [0.15, 0.2) is 6.23 Å². The topological polar surface area (TPSA) is 97.4 Å². The highest BCUT2D eigenvalue weighted by atomic mass is 35.5. The summed E-state index contributed by atoms with van der Waals surface area (Å²) in [5.41, 5.74) is 1.91. The van der Waals surface area contributed by atoms with E-state index in [0.717, 1.165) is 0 Å². The van der Waals surface area contributed by atoms with Crippen LogP contribution in [0.3, 0.4) is 0 Å². The molecule has 0 bridgehead atoms. The van der Waals surface area contributed by atoms with Crippen molar-refractivity contribution in [2.75, 3.05) is 43.6 Å². The molecule has 4 rings (SSSR count). The molecule has 2 atom stereocenters. The van der Waals surface area contributed by atoms with Gasteiger partial charge in [0.1, 0.15) is 6.61 Å². The predicted molar refractivity (Wildman–Crippen MR) is 136 cm³/mol. The van der Waals surface area contributed by atoms with Crippen molar-refractivity contribution in [3.63, 3.8) is 0 Å². The lowest BCUT2D eigenvalue weighted by Crippen LogP contribution is -2.41. The largest absolute Gasteiger partial charge is 0.425 e. The van der Waals surface area contributed by atoms with Gasteiger partial charge in [-0.3, -0.25) is 14.9 Å². The van der Waals surface area contributed by atoms with Crippen molar-refractivity contribution in [3.8, 4) is 0 Å². The first-order chi connectivity index (χ1) is 17.3. The van der Waals surface area contributed by atoms with E-state index in [1.165, 1.54) is 11.0 Å². The quantitative estimate of drug-likeness (QED) is 0.559. The summed E-state index contributed by atoms with van der Waals surface area (Å²) in [5, 5.41) is 3.46. The number of morpholine rings is 1. The fourth-order valence-corrected chi connectivity index (χ4v) is 4.25. The molecule has 2 aromatic rings. The van der Waals surface area contributed by atoms with Crippen molar-refractivity contribution in [2.24, 2.45) is 0 Å². The molecule has 2 aromatic carbocycles. The van der Waals surface area contributed by atoms with E-state index >= 15 is 0 Å². The zero-order valence-corrected chi connectivity index (χ0v) is 21.0. The number of rotatable bonds is 6. The summed E-state index contributed by atoms with van der Waals surface area (Å²) < 4.78 is 16.1. The molecule has 190 valence electrons. The van der Waals surface area contributed by atoms with Gasteiger partial charge in [-0.2, -0.15) is 0 Å². The monoisotopic (exact) mass is 533 g/mol. The van der Waals surface area contributed by atoms with E-state index in [-0.39, 0.29) is 31.1 Å². The molecule has 0 saturated carbocycles. The molecule has 0 unspecified atom stereocenters. The average molecular weight is 534 g/mol. The maximum absolute atomic E-state index is 12.9. The molecule has 11 heteroatoms. The van der Waals surface area contributed by atoms with Crippen LogP contribution in [0.25, 0.3) is 6.08 Å². The highest BCUT2D eigenvalue weighted by molar-refractivity contribution is 6.42. The van der Waals surface area contributed by atoms with Gasteiger partial charge in [0, 0.05) is 37.5 Å². The van der Waals surface area contributed by atoms with Crippen LogP contribution in [0.4, 0.5) is 16.2 Å². The molecule has 2 saturated heterocycles. The molecule has 3 amide bonds. The lowest BCUT2D eigenvalue weighted by Gasteiger charge is -2.27. The van der Waals surface area contributed by atoms with Crippen LogP contribution in [-0.4, -0.2) is 68.6 Å². The van der Waals surface area contributed by atoms with Gasteiger partial charge in [-0.05, 0) is 48.0 Å². The normalized spacial score (nSPS) is 20.1. The second-order valence-electron chi connectivity index (χ2n) is 8.22. The van der Waals surface area contributed by atoms with E-state index in [0.29, 0.717) is 46.6 Å².